The second-order valence-electron chi connectivity index (χ2n) is 6.01. The lowest BCUT2D eigenvalue weighted by molar-refractivity contribution is -0.146. The summed E-state index contributed by atoms with van der Waals surface area (Å²) in [4.78, 5) is 13.8. The molecule has 3 rings (SSSR count). The van der Waals surface area contributed by atoms with Crippen molar-refractivity contribution >= 4 is 17.6 Å². The monoisotopic (exact) mass is 361 g/mol. The number of rotatable bonds is 3. The van der Waals surface area contributed by atoms with Crippen molar-refractivity contribution in [2.45, 2.75) is 19.5 Å². The Morgan fingerprint density at radius 3 is 2.84 bits per heavy atom. The normalized spacial score (nSPS) is 15.6. The number of methoxy groups -OCH3 is 1. The summed E-state index contributed by atoms with van der Waals surface area (Å²) in [6.07, 6.45) is 0. The molecule has 0 bridgehead atoms. The van der Waals surface area contributed by atoms with Gasteiger partial charge < -0.3 is 14.6 Å². The van der Waals surface area contributed by atoms with E-state index in [2.05, 4.69) is 0 Å². The molecule has 1 aliphatic heterocycles. The molecule has 1 N–H and O–H groups in total. The van der Waals surface area contributed by atoms with Crippen LogP contribution < -0.4 is 4.74 Å². The number of ether oxygens (including phenoxy) is 2. The van der Waals surface area contributed by atoms with Crippen LogP contribution in [0.5, 0.6) is 11.5 Å². The number of halogens is 1. The fourth-order valence-corrected chi connectivity index (χ4v) is 3.19. The molecule has 2 aromatic carbocycles. The molecule has 0 unspecified atom stereocenters. The van der Waals surface area contributed by atoms with Gasteiger partial charge in [-0.1, -0.05) is 23.7 Å². The van der Waals surface area contributed by atoms with Crippen molar-refractivity contribution in [2.75, 3.05) is 20.3 Å². The fourth-order valence-electron chi connectivity index (χ4n) is 3.00. The highest BCUT2D eigenvalue weighted by atomic mass is 35.5. The van der Waals surface area contributed by atoms with Crippen LogP contribution in [0.4, 0.5) is 0 Å². The van der Waals surface area contributed by atoms with Crippen LogP contribution in [0.25, 0.3) is 11.1 Å². The number of aromatic hydroxyl groups is 1. The molecule has 2 aromatic rings. The van der Waals surface area contributed by atoms with Crippen LogP contribution in [-0.2, 0) is 16.1 Å². The number of hydrogen-bond acceptors (Lipinski definition) is 5. The molecule has 0 radical (unpaired) electrons. The van der Waals surface area contributed by atoms with Gasteiger partial charge in [-0.05, 0) is 42.3 Å². The number of carbonyl (C=O) groups excluding carboxylic acids is 1. The highest BCUT2D eigenvalue weighted by molar-refractivity contribution is 6.30. The van der Waals surface area contributed by atoms with Gasteiger partial charge >= 0.3 is 5.97 Å². The van der Waals surface area contributed by atoms with Crippen molar-refractivity contribution in [3.8, 4) is 22.6 Å². The summed E-state index contributed by atoms with van der Waals surface area (Å²) in [5.41, 5.74) is 2.57. The highest BCUT2D eigenvalue weighted by Gasteiger charge is 2.26. The first-order valence-electron chi connectivity index (χ1n) is 8.06. The predicted molar refractivity (Wildman–Crippen MR) is 95.9 cm³/mol. The Morgan fingerprint density at radius 2 is 2.12 bits per heavy atom. The maximum Gasteiger partial charge on any atom is 0.322 e. The highest BCUT2D eigenvalue weighted by Crippen LogP contribution is 2.38. The Hall–Kier alpha value is -2.24. The van der Waals surface area contributed by atoms with E-state index in [0.717, 1.165) is 16.7 Å². The molecule has 0 saturated heterocycles. The first kappa shape index (κ1) is 17.6. The van der Waals surface area contributed by atoms with Gasteiger partial charge in [-0.25, -0.2) is 0 Å². The first-order valence-corrected chi connectivity index (χ1v) is 8.44. The van der Waals surface area contributed by atoms with E-state index >= 15 is 0 Å². The number of phenols is 1. The molecule has 132 valence electrons. The summed E-state index contributed by atoms with van der Waals surface area (Å²) in [5, 5.41) is 11.0. The van der Waals surface area contributed by atoms with Crippen molar-refractivity contribution in [1.82, 2.24) is 4.90 Å². The Morgan fingerprint density at radius 1 is 1.32 bits per heavy atom. The zero-order chi connectivity index (χ0) is 18.0. The summed E-state index contributed by atoms with van der Waals surface area (Å²) in [7, 11) is 1.38. The SMILES string of the molecule is COC(=O)[C@@H](C)N1CCOc2c(O)cc(-c3cccc(Cl)c3)cc2C1. The zero-order valence-electron chi connectivity index (χ0n) is 14.2. The molecular formula is C19H20ClNO4. The van der Waals surface area contributed by atoms with Crippen LogP contribution in [0.3, 0.4) is 0 Å². The van der Waals surface area contributed by atoms with E-state index in [-0.39, 0.29) is 11.7 Å². The number of fused-ring (bicyclic) bond motifs is 1. The van der Waals surface area contributed by atoms with Crippen molar-refractivity contribution in [3.05, 3.63) is 47.0 Å². The van der Waals surface area contributed by atoms with E-state index in [9.17, 15) is 9.90 Å². The van der Waals surface area contributed by atoms with E-state index in [1.54, 1.807) is 19.1 Å². The zero-order valence-corrected chi connectivity index (χ0v) is 14.9. The second-order valence-corrected chi connectivity index (χ2v) is 6.45. The molecule has 0 spiro atoms. The van der Waals surface area contributed by atoms with E-state index < -0.39 is 6.04 Å². The van der Waals surface area contributed by atoms with E-state index in [0.29, 0.717) is 30.5 Å². The summed E-state index contributed by atoms with van der Waals surface area (Å²) >= 11 is 6.07. The van der Waals surface area contributed by atoms with Gasteiger partial charge in [0.1, 0.15) is 12.6 Å². The lowest BCUT2D eigenvalue weighted by atomic mass is 10.0. The molecule has 0 saturated carbocycles. The number of phenolic OH excluding ortho intramolecular Hbond substituents is 1. The third-order valence-electron chi connectivity index (χ3n) is 4.39. The minimum Gasteiger partial charge on any atom is -0.504 e. The van der Waals surface area contributed by atoms with E-state index in [4.69, 9.17) is 21.1 Å². The number of carbonyl (C=O) groups is 1. The molecule has 0 aliphatic carbocycles. The van der Waals surface area contributed by atoms with Gasteiger partial charge in [0.25, 0.3) is 0 Å². The third-order valence-corrected chi connectivity index (χ3v) is 4.63. The smallest absolute Gasteiger partial charge is 0.322 e. The van der Waals surface area contributed by atoms with Crippen LogP contribution in [0.15, 0.2) is 36.4 Å². The molecule has 5 nitrogen and oxygen atoms in total. The largest absolute Gasteiger partial charge is 0.504 e. The van der Waals surface area contributed by atoms with Gasteiger partial charge in [0.2, 0.25) is 0 Å². The fraction of sp³-hybridized carbons (Fsp3) is 0.316. The van der Waals surface area contributed by atoms with Crippen molar-refractivity contribution in [2.24, 2.45) is 0 Å². The standard InChI is InChI=1S/C19H20ClNO4/c1-12(19(23)24-2)21-6-7-25-18-15(11-21)8-14(10-17(18)22)13-4-3-5-16(20)9-13/h3-5,8-10,12,22H,6-7,11H2,1-2H3/t12-/m1/s1. The number of hydrogen-bond donors (Lipinski definition) is 1. The lowest BCUT2D eigenvalue weighted by Gasteiger charge is -2.24. The molecule has 1 heterocycles. The number of esters is 1. The quantitative estimate of drug-likeness (QED) is 0.848. The lowest BCUT2D eigenvalue weighted by Crippen LogP contribution is -2.40. The Kier molecular flexibility index (Phi) is 5.16. The van der Waals surface area contributed by atoms with Gasteiger partial charge in [-0.3, -0.25) is 9.69 Å². The van der Waals surface area contributed by atoms with Gasteiger partial charge in [0, 0.05) is 23.7 Å². The summed E-state index contributed by atoms with van der Waals surface area (Å²) in [5.74, 6) is 0.254. The van der Waals surface area contributed by atoms with Crippen molar-refractivity contribution in [1.29, 1.82) is 0 Å². The molecule has 0 fully saturated rings. The first-order chi connectivity index (χ1) is 12.0. The van der Waals surface area contributed by atoms with Crippen LogP contribution in [-0.4, -0.2) is 42.3 Å². The maximum absolute atomic E-state index is 11.9. The minimum atomic E-state index is -0.392. The molecule has 6 heteroatoms. The average molecular weight is 362 g/mol. The van der Waals surface area contributed by atoms with Gasteiger partial charge in [-0.2, -0.15) is 0 Å². The second kappa shape index (κ2) is 7.33. The Labute approximate surface area is 151 Å². The predicted octanol–water partition coefficient (Wildman–Crippen LogP) is 3.47. The topological polar surface area (TPSA) is 59.0 Å². The summed E-state index contributed by atoms with van der Waals surface area (Å²) in [6.45, 7) is 3.24. The van der Waals surface area contributed by atoms with Crippen LogP contribution in [0.2, 0.25) is 5.02 Å². The average Bonchev–Trinajstić information content (AvgIpc) is 2.83. The Bertz CT molecular complexity index is 793. The van der Waals surface area contributed by atoms with Crippen LogP contribution in [0, 0.1) is 0 Å². The maximum atomic E-state index is 11.9. The Balaban J connectivity index is 1.97. The number of benzene rings is 2. The minimum absolute atomic E-state index is 0.0834. The third kappa shape index (κ3) is 3.72. The van der Waals surface area contributed by atoms with Crippen LogP contribution >= 0.6 is 11.6 Å². The molecule has 25 heavy (non-hydrogen) atoms. The number of nitrogens with zero attached hydrogens (tertiary/aromatic N) is 1. The molecule has 1 atom stereocenters. The summed E-state index contributed by atoms with van der Waals surface area (Å²) < 4.78 is 10.6. The van der Waals surface area contributed by atoms with Gasteiger partial charge in [0.15, 0.2) is 11.5 Å². The molecule has 0 aromatic heterocycles. The molecule has 0 amide bonds. The van der Waals surface area contributed by atoms with Crippen molar-refractivity contribution in [3.63, 3.8) is 0 Å². The van der Waals surface area contributed by atoms with Gasteiger partial charge in [0.05, 0.1) is 7.11 Å². The van der Waals surface area contributed by atoms with E-state index in [1.807, 2.05) is 29.2 Å². The van der Waals surface area contributed by atoms with Crippen LogP contribution in [0.1, 0.15) is 12.5 Å². The summed E-state index contributed by atoms with van der Waals surface area (Å²) in [6, 6.07) is 10.7. The molecule has 1 aliphatic rings. The van der Waals surface area contributed by atoms with Gasteiger partial charge in [-0.15, -0.1) is 0 Å². The molecular weight excluding hydrogens is 342 g/mol. The van der Waals surface area contributed by atoms with Crippen molar-refractivity contribution < 1.29 is 19.4 Å². The van der Waals surface area contributed by atoms with E-state index in [1.165, 1.54) is 7.11 Å².